The summed E-state index contributed by atoms with van der Waals surface area (Å²) in [6, 6.07) is 7.49. The first-order chi connectivity index (χ1) is 15.0. The predicted molar refractivity (Wildman–Crippen MR) is 116 cm³/mol. The van der Waals surface area contributed by atoms with E-state index in [1.807, 2.05) is 17.5 Å². The van der Waals surface area contributed by atoms with Crippen LogP contribution in [0.2, 0.25) is 0 Å². The topological polar surface area (TPSA) is 45.0 Å². The molecular formula is C23H24F2N2O3S. The van der Waals surface area contributed by atoms with Gasteiger partial charge in [0.1, 0.15) is 11.5 Å². The first-order valence-corrected chi connectivity index (χ1v) is 10.9. The number of thiazole rings is 1. The summed E-state index contributed by atoms with van der Waals surface area (Å²) < 4.78 is 46.2. The Labute approximate surface area is 183 Å². The molecule has 0 saturated heterocycles. The minimum absolute atomic E-state index is 0.117. The molecule has 0 amide bonds. The third-order valence-electron chi connectivity index (χ3n) is 5.52. The van der Waals surface area contributed by atoms with Crippen LogP contribution in [0.15, 0.2) is 40.7 Å². The van der Waals surface area contributed by atoms with Gasteiger partial charge in [-0.3, -0.25) is 0 Å². The summed E-state index contributed by atoms with van der Waals surface area (Å²) in [5.41, 5.74) is 1.95. The van der Waals surface area contributed by atoms with Crippen LogP contribution in [0.1, 0.15) is 31.7 Å². The van der Waals surface area contributed by atoms with Gasteiger partial charge in [0.15, 0.2) is 22.1 Å². The van der Waals surface area contributed by atoms with Crippen LogP contribution in [-0.2, 0) is 0 Å². The third kappa shape index (κ3) is 4.17. The molecule has 0 atom stereocenters. The first-order valence-electron chi connectivity index (χ1n) is 10.1. The molecule has 0 spiro atoms. The van der Waals surface area contributed by atoms with Gasteiger partial charge in [0.05, 0.1) is 27.0 Å². The summed E-state index contributed by atoms with van der Waals surface area (Å²) >= 11 is 1.43. The number of nitrogens with zero attached hydrogens (tertiary/aromatic N) is 2. The van der Waals surface area contributed by atoms with Crippen molar-refractivity contribution in [3.05, 3.63) is 52.1 Å². The van der Waals surface area contributed by atoms with E-state index in [2.05, 4.69) is 9.56 Å². The predicted octanol–water partition coefficient (Wildman–Crippen LogP) is 5.87. The van der Waals surface area contributed by atoms with Crippen LogP contribution >= 0.6 is 11.3 Å². The number of ether oxygens (including phenoxy) is 3. The van der Waals surface area contributed by atoms with Crippen LogP contribution in [0.4, 0.5) is 14.5 Å². The molecule has 3 aromatic rings. The normalized spacial score (nSPS) is 14.8. The molecule has 1 aromatic heterocycles. The molecule has 8 heteroatoms. The van der Waals surface area contributed by atoms with Crippen molar-refractivity contribution in [2.24, 2.45) is 4.99 Å². The average molecular weight is 447 g/mol. The van der Waals surface area contributed by atoms with E-state index in [1.54, 1.807) is 21.3 Å². The van der Waals surface area contributed by atoms with Gasteiger partial charge in [0, 0.05) is 23.1 Å². The Morgan fingerprint density at radius 2 is 1.65 bits per heavy atom. The molecule has 1 aliphatic rings. The monoisotopic (exact) mass is 446 g/mol. The van der Waals surface area contributed by atoms with E-state index < -0.39 is 11.6 Å². The van der Waals surface area contributed by atoms with Crippen molar-refractivity contribution in [1.82, 2.24) is 4.57 Å². The van der Waals surface area contributed by atoms with E-state index in [-0.39, 0.29) is 11.7 Å². The second-order valence-electron chi connectivity index (χ2n) is 7.33. The van der Waals surface area contributed by atoms with Gasteiger partial charge in [-0.25, -0.2) is 13.8 Å². The Bertz CT molecular complexity index is 1120. The van der Waals surface area contributed by atoms with Gasteiger partial charge in [-0.2, -0.15) is 0 Å². The summed E-state index contributed by atoms with van der Waals surface area (Å²) in [5.74, 6) is 0.341. The molecule has 4 rings (SSSR count). The van der Waals surface area contributed by atoms with Crippen LogP contribution in [-0.4, -0.2) is 25.9 Å². The summed E-state index contributed by atoms with van der Waals surface area (Å²) in [5, 5.41) is 2.00. The van der Waals surface area contributed by atoms with Crippen molar-refractivity contribution >= 4 is 17.0 Å². The quantitative estimate of drug-likeness (QED) is 0.476. The lowest BCUT2D eigenvalue weighted by molar-refractivity contribution is 0.324. The number of hydrogen-bond acceptors (Lipinski definition) is 5. The second kappa shape index (κ2) is 9.09. The van der Waals surface area contributed by atoms with E-state index >= 15 is 0 Å². The molecular weight excluding hydrogens is 422 g/mol. The van der Waals surface area contributed by atoms with E-state index in [0.717, 1.165) is 43.0 Å². The van der Waals surface area contributed by atoms with Gasteiger partial charge >= 0.3 is 0 Å². The van der Waals surface area contributed by atoms with E-state index in [0.29, 0.717) is 22.0 Å². The summed E-state index contributed by atoms with van der Waals surface area (Å²) in [6.45, 7) is 0. The minimum Gasteiger partial charge on any atom is -0.493 e. The van der Waals surface area contributed by atoms with Crippen LogP contribution in [0, 0.1) is 11.6 Å². The third-order valence-corrected chi connectivity index (χ3v) is 6.36. The number of halogens is 2. The smallest absolute Gasteiger partial charge is 0.203 e. The Morgan fingerprint density at radius 3 is 2.23 bits per heavy atom. The highest BCUT2D eigenvalue weighted by molar-refractivity contribution is 7.07. The fraction of sp³-hybridized carbons (Fsp3) is 0.348. The zero-order valence-corrected chi connectivity index (χ0v) is 18.5. The largest absolute Gasteiger partial charge is 0.493 e. The van der Waals surface area contributed by atoms with E-state index in [1.165, 1.54) is 23.5 Å². The summed E-state index contributed by atoms with van der Waals surface area (Å²) in [7, 11) is 4.73. The number of aromatic nitrogens is 1. The van der Waals surface area contributed by atoms with Crippen LogP contribution in [0.5, 0.6) is 17.2 Å². The molecule has 1 heterocycles. The van der Waals surface area contributed by atoms with Crippen LogP contribution in [0.3, 0.4) is 0 Å². The maximum Gasteiger partial charge on any atom is 0.203 e. The van der Waals surface area contributed by atoms with Gasteiger partial charge < -0.3 is 18.8 Å². The number of methoxy groups -OCH3 is 3. The lowest BCUT2D eigenvalue weighted by Crippen LogP contribution is -2.20. The molecule has 5 nitrogen and oxygen atoms in total. The van der Waals surface area contributed by atoms with Crippen molar-refractivity contribution < 1.29 is 23.0 Å². The summed E-state index contributed by atoms with van der Waals surface area (Å²) in [4.78, 5) is 5.21. The fourth-order valence-corrected chi connectivity index (χ4v) is 5.01. The Hall–Kier alpha value is -2.87. The highest BCUT2D eigenvalue weighted by atomic mass is 32.1. The lowest BCUT2D eigenvalue weighted by Gasteiger charge is -2.18. The lowest BCUT2D eigenvalue weighted by atomic mass is 10.1. The average Bonchev–Trinajstić information content (AvgIpc) is 3.44. The zero-order valence-electron chi connectivity index (χ0n) is 17.7. The summed E-state index contributed by atoms with van der Waals surface area (Å²) in [6.07, 6.45) is 4.31. The van der Waals surface area contributed by atoms with Crippen LogP contribution < -0.4 is 19.0 Å². The Balaban J connectivity index is 1.91. The molecule has 1 aliphatic carbocycles. The minimum atomic E-state index is -0.680. The molecule has 0 aliphatic heterocycles. The van der Waals surface area contributed by atoms with Gasteiger partial charge in [0.25, 0.3) is 0 Å². The van der Waals surface area contributed by atoms with E-state index in [9.17, 15) is 8.78 Å². The van der Waals surface area contributed by atoms with Gasteiger partial charge in [0.2, 0.25) is 5.75 Å². The number of rotatable bonds is 6. The second-order valence-corrected chi connectivity index (χ2v) is 8.17. The fourth-order valence-electron chi connectivity index (χ4n) is 4.03. The molecule has 0 radical (unpaired) electrons. The maximum atomic E-state index is 14.3. The van der Waals surface area contributed by atoms with Gasteiger partial charge in [-0.05, 0) is 37.1 Å². The van der Waals surface area contributed by atoms with Crippen molar-refractivity contribution in [3.8, 4) is 28.5 Å². The van der Waals surface area contributed by atoms with E-state index in [4.69, 9.17) is 14.2 Å². The molecule has 0 N–H and O–H groups in total. The van der Waals surface area contributed by atoms with Gasteiger partial charge in [-0.15, -0.1) is 11.3 Å². The number of hydrogen-bond donors (Lipinski definition) is 0. The molecule has 164 valence electrons. The standard InChI is InChI=1S/C23H24F2N2O3S/c1-28-20-10-14(11-21(29-2)22(20)30-3)19-13-31-23(27(19)16-6-4-5-7-16)26-18-9-8-15(24)12-17(18)25/h8-13,16H,4-7H2,1-3H3. The highest BCUT2D eigenvalue weighted by Crippen LogP contribution is 2.42. The molecule has 0 unspecified atom stereocenters. The zero-order chi connectivity index (χ0) is 22.0. The van der Waals surface area contributed by atoms with Crippen molar-refractivity contribution in [2.75, 3.05) is 21.3 Å². The molecule has 1 fully saturated rings. The van der Waals surface area contributed by atoms with Crippen molar-refractivity contribution in [3.63, 3.8) is 0 Å². The maximum absolute atomic E-state index is 14.3. The Morgan fingerprint density at radius 1 is 0.968 bits per heavy atom. The molecule has 0 bridgehead atoms. The van der Waals surface area contributed by atoms with Crippen molar-refractivity contribution in [2.45, 2.75) is 31.7 Å². The Kier molecular flexibility index (Phi) is 6.27. The number of benzene rings is 2. The van der Waals surface area contributed by atoms with Gasteiger partial charge in [-0.1, -0.05) is 12.8 Å². The van der Waals surface area contributed by atoms with Crippen molar-refractivity contribution in [1.29, 1.82) is 0 Å². The molecule has 1 saturated carbocycles. The van der Waals surface area contributed by atoms with Crippen LogP contribution in [0.25, 0.3) is 11.3 Å². The molecule has 2 aromatic carbocycles. The highest BCUT2D eigenvalue weighted by Gasteiger charge is 2.23. The molecule has 31 heavy (non-hydrogen) atoms. The first kappa shape index (κ1) is 21.4. The SMILES string of the molecule is COc1cc(-c2csc(=Nc3ccc(F)cc3F)n2C2CCCC2)cc(OC)c1OC.